The number of hydrogen-bond donors (Lipinski definition) is 1. The Kier molecular flexibility index (Phi) is 9.22. The van der Waals surface area contributed by atoms with E-state index in [1.54, 1.807) is 0 Å². The van der Waals surface area contributed by atoms with Crippen molar-refractivity contribution in [1.29, 1.82) is 0 Å². The van der Waals surface area contributed by atoms with Crippen LogP contribution < -0.4 is 5.32 Å². The van der Waals surface area contributed by atoms with Crippen LogP contribution in [0.25, 0.3) is 66.9 Å². The summed E-state index contributed by atoms with van der Waals surface area (Å²) >= 11 is 0. The van der Waals surface area contributed by atoms with Gasteiger partial charge in [0.1, 0.15) is 12.0 Å². The predicted octanol–water partition coefficient (Wildman–Crippen LogP) is 12.5. The van der Waals surface area contributed by atoms with Crippen LogP contribution in [0.2, 0.25) is 0 Å². The molecule has 8 aromatic carbocycles. The summed E-state index contributed by atoms with van der Waals surface area (Å²) in [4.78, 5) is 20.7. The Hall–Kier alpha value is -7.76. The van der Waals surface area contributed by atoms with Gasteiger partial charge in [0.2, 0.25) is 0 Å². The molecule has 1 atom stereocenters. The zero-order valence-corrected chi connectivity index (χ0v) is 31.6. The van der Waals surface area contributed by atoms with Crippen LogP contribution in [0.3, 0.4) is 0 Å². The summed E-state index contributed by atoms with van der Waals surface area (Å²) < 4.78 is 0. The van der Waals surface area contributed by atoms with Gasteiger partial charge in [-0.2, -0.15) is 0 Å². The molecule has 0 fully saturated rings. The first kappa shape index (κ1) is 34.7. The van der Waals surface area contributed by atoms with E-state index in [2.05, 4.69) is 145 Å². The number of aromatic nitrogens is 2. The molecule has 0 radical (unpaired) electrons. The molecule has 0 spiro atoms. The van der Waals surface area contributed by atoms with Gasteiger partial charge in [-0.25, -0.2) is 20.0 Å². The summed E-state index contributed by atoms with van der Waals surface area (Å²) in [5, 5.41) is 6.04. The molecule has 0 saturated heterocycles. The monoisotopic (exact) mass is 743 g/mol. The molecule has 274 valence electrons. The molecule has 10 rings (SSSR count). The van der Waals surface area contributed by atoms with Gasteiger partial charge in [-0.15, -0.1) is 0 Å². The van der Waals surface area contributed by atoms with Crippen LogP contribution >= 0.6 is 0 Å². The number of fused-ring (bicyclic) bond motifs is 1. The molecule has 5 heteroatoms. The van der Waals surface area contributed by atoms with Gasteiger partial charge in [0, 0.05) is 33.4 Å². The third-order valence-electron chi connectivity index (χ3n) is 10.6. The Balaban J connectivity index is 1.12. The van der Waals surface area contributed by atoms with Crippen molar-refractivity contribution < 1.29 is 0 Å². The quantitative estimate of drug-likeness (QED) is 0.169. The smallest absolute Gasteiger partial charge is 0.160 e. The van der Waals surface area contributed by atoms with Crippen molar-refractivity contribution in [3.63, 3.8) is 0 Å². The van der Waals surface area contributed by atoms with Gasteiger partial charge in [0.25, 0.3) is 0 Å². The van der Waals surface area contributed by atoms with E-state index in [-0.39, 0.29) is 0 Å². The Morgan fingerprint density at radius 3 is 1.59 bits per heavy atom. The Labute approximate surface area is 337 Å². The van der Waals surface area contributed by atoms with Crippen molar-refractivity contribution in [3.05, 3.63) is 229 Å². The van der Waals surface area contributed by atoms with Gasteiger partial charge in [-0.1, -0.05) is 200 Å². The molecule has 1 N–H and O–H groups in total. The number of nitrogens with one attached hydrogen (secondary N) is 1. The van der Waals surface area contributed by atoms with Gasteiger partial charge in [-0.3, -0.25) is 0 Å². The van der Waals surface area contributed by atoms with Crippen molar-refractivity contribution in [2.45, 2.75) is 6.17 Å². The number of rotatable bonds is 8. The van der Waals surface area contributed by atoms with Crippen molar-refractivity contribution in [3.8, 4) is 56.2 Å². The second kappa shape index (κ2) is 15.4. The zero-order chi connectivity index (χ0) is 38.7. The standard InChI is InChI=1S/C53H37N5/c1-5-19-37(20-6-1)47-35-48(38-21-7-2-8-22-38)55-52(54-47)42-28-17-27-41(34-42)43-29-15-16-31-45(43)46-33-32-36-18-13-14-30-44(36)49(46)53-57-50(39-23-9-3-10-24-39)56-51(58-53)40-25-11-4-12-26-40/h1-35,53H,(H,56,57,58). The number of benzene rings is 8. The number of aliphatic imine (C=N–C) groups is 2. The van der Waals surface area contributed by atoms with Gasteiger partial charge in [-0.05, 0) is 45.2 Å². The molecule has 0 aliphatic carbocycles. The van der Waals surface area contributed by atoms with E-state index in [4.69, 9.17) is 20.0 Å². The highest BCUT2D eigenvalue weighted by Crippen LogP contribution is 2.41. The van der Waals surface area contributed by atoms with E-state index >= 15 is 0 Å². The lowest BCUT2D eigenvalue weighted by Crippen LogP contribution is -2.34. The van der Waals surface area contributed by atoms with Crippen LogP contribution in [0.15, 0.2) is 222 Å². The van der Waals surface area contributed by atoms with Crippen molar-refractivity contribution in [2.24, 2.45) is 9.98 Å². The maximum atomic E-state index is 5.36. The van der Waals surface area contributed by atoms with E-state index in [0.29, 0.717) is 11.7 Å². The lowest BCUT2D eigenvalue weighted by molar-refractivity contribution is 0.681. The molecule has 5 nitrogen and oxygen atoms in total. The number of hydrogen-bond acceptors (Lipinski definition) is 5. The van der Waals surface area contributed by atoms with Crippen LogP contribution in [-0.2, 0) is 0 Å². The van der Waals surface area contributed by atoms with Crippen LogP contribution in [0.5, 0.6) is 0 Å². The predicted molar refractivity (Wildman–Crippen MR) is 239 cm³/mol. The van der Waals surface area contributed by atoms with Crippen LogP contribution in [-0.4, -0.2) is 21.6 Å². The third kappa shape index (κ3) is 6.86. The topological polar surface area (TPSA) is 62.5 Å². The minimum Gasteiger partial charge on any atom is -0.344 e. The largest absolute Gasteiger partial charge is 0.344 e. The Morgan fingerprint density at radius 2 is 0.914 bits per heavy atom. The number of nitrogens with zero attached hydrogens (tertiary/aromatic N) is 4. The molecule has 1 aliphatic heterocycles. The molecule has 1 aliphatic rings. The summed E-state index contributed by atoms with van der Waals surface area (Å²) in [6.07, 6.45) is -0.422. The molecule has 2 heterocycles. The molecule has 0 bridgehead atoms. The van der Waals surface area contributed by atoms with E-state index in [0.717, 1.165) is 83.6 Å². The Bertz CT molecular complexity index is 2900. The maximum absolute atomic E-state index is 5.36. The minimum atomic E-state index is -0.422. The van der Waals surface area contributed by atoms with Gasteiger partial charge < -0.3 is 5.32 Å². The third-order valence-corrected chi connectivity index (χ3v) is 10.6. The van der Waals surface area contributed by atoms with Crippen LogP contribution in [0, 0.1) is 0 Å². The SMILES string of the molecule is c1ccc(C2=NC(c3c(-c4ccccc4-c4cccc(-c5nc(-c6ccccc6)cc(-c6ccccc6)n5)c4)ccc4ccccc34)NC(c3ccccc3)=N2)cc1. The van der Waals surface area contributed by atoms with E-state index in [1.165, 1.54) is 0 Å². The van der Waals surface area contributed by atoms with Crippen molar-refractivity contribution in [1.82, 2.24) is 15.3 Å². The Morgan fingerprint density at radius 1 is 0.379 bits per heavy atom. The minimum absolute atomic E-state index is 0.422. The highest BCUT2D eigenvalue weighted by atomic mass is 15.2. The summed E-state index contributed by atoms with van der Waals surface area (Å²) in [6, 6.07) is 73.5. The molecule has 9 aromatic rings. The lowest BCUT2D eigenvalue weighted by Gasteiger charge is -2.27. The van der Waals surface area contributed by atoms with Gasteiger partial charge in [0.15, 0.2) is 11.7 Å². The zero-order valence-electron chi connectivity index (χ0n) is 31.6. The molecule has 58 heavy (non-hydrogen) atoms. The van der Waals surface area contributed by atoms with Gasteiger partial charge in [0.05, 0.1) is 11.4 Å². The second-order valence-corrected chi connectivity index (χ2v) is 14.3. The van der Waals surface area contributed by atoms with Crippen molar-refractivity contribution in [2.75, 3.05) is 0 Å². The van der Waals surface area contributed by atoms with E-state index < -0.39 is 6.17 Å². The highest BCUT2D eigenvalue weighted by molar-refractivity contribution is 6.13. The average Bonchev–Trinajstić information content (AvgIpc) is 3.32. The normalized spacial score (nSPS) is 13.7. The highest BCUT2D eigenvalue weighted by Gasteiger charge is 2.26. The first-order valence-electron chi connectivity index (χ1n) is 19.5. The molecular weight excluding hydrogens is 707 g/mol. The fraction of sp³-hybridized carbons (Fsp3) is 0.0189. The fourth-order valence-electron chi connectivity index (χ4n) is 7.77. The summed E-state index contributed by atoms with van der Waals surface area (Å²) in [6.45, 7) is 0. The average molecular weight is 744 g/mol. The first-order valence-corrected chi connectivity index (χ1v) is 19.5. The second-order valence-electron chi connectivity index (χ2n) is 14.3. The summed E-state index contributed by atoms with van der Waals surface area (Å²) in [7, 11) is 0. The van der Waals surface area contributed by atoms with Crippen molar-refractivity contribution >= 4 is 22.4 Å². The lowest BCUT2D eigenvalue weighted by atomic mass is 9.87. The maximum Gasteiger partial charge on any atom is 0.160 e. The van der Waals surface area contributed by atoms with Crippen LogP contribution in [0.4, 0.5) is 0 Å². The van der Waals surface area contributed by atoms with E-state index in [1.807, 2.05) is 72.8 Å². The first-order chi connectivity index (χ1) is 28.7. The van der Waals surface area contributed by atoms with Crippen LogP contribution in [0.1, 0.15) is 22.9 Å². The van der Waals surface area contributed by atoms with E-state index in [9.17, 15) is 0 Å². The molecule has 0 amide bonds. The van der Waals surface area contributed by atoms with Gasteiger partial charge >= 0.3 is 0 Å². The molecule has 1 aromatic heterocycles. The number of amidine groups is 2. The summed E-state index contributed by atoms with van der Waals surface area (Å²) in [5.41, 5.74) is 12.2. The molecular formula is C53H37N5. The molecule has 0 saturated carbocycles. The molecule has 1 unspecified atom stereocenters. The summed E-state index contributed by atoms with van der Waals surface area (Å²) in [5.74, 6) is 2.15. The fourth-order valence-corrected chi connectivity index (χ4v) is 7.77.